The quantitative estimate of drug-likeness (QED) is 0.866. The smallest absolute Gasteiger partial charge is 0.270 e. The summed E-state index contributed by atoms with van der Waals surface area (Å²) >= 11 is 0. The molecule has 1 aromatic carbocycles. The molecule has 0 saturated heterocycles. The lowest BCUT2D eigenvalue weighted by Gasteiger charge is -2.21. The summed E-state index contributed by atoms with van der Waals surface area (Å²) in [4.78, 5) is 27.2. The SMILES string of the molecule is CCN(CC)C(=O)c1cc2ccccc2c(=O)n1C1CC1. The molecule has 1 aliphatic rings. The molecule has 1 heterocycles. The molecule has 1 fully saturated rings. The Morgan fingerprint density at radius 3 is 2.52 bits per heavy atom. The van der Waals surface area contributed by atoms with Crippen molar-refractivity contribution < 1.29 is 4.79 Å². The van der Waals surface area contributed by atoms with Crippen LogP contribution in [0.1, 0.15) is 43.2 Å². The minimum Gasteiger partial charge on any atom is -0.338 e. The van der Waals surface area contributed by atoms with Crippen molar-refractivity contribution in [3.05, 3.63) is 46.4 Å². The number of pyridine rings is 1. The maximum Gasteiger partial charge on any atom is 0.270 e. The van der Waals surface area contributed by atoms with Crippen LogP contribution in [0, 0.1) is 0 Å². The Labute approximate surface area is 124 Å². The Morgan fingerprint density at radius 2 is 1.90 bits per heavy atom. The van der Waals surface area contributed by atoms with Gasteiger partial charge in [0, 0.05) is 24.5 Å². The van der Waals surface area contributed by atoms with E-state index in [-0.39, 0.29) is 17.5 Å². The normalized spacial score (nSPS) is 14.4. The number of benzene rings is 1. The van der Waals surface area contributed by atoms with Gasteiger partial charge < -0.3 is 9.47 Å². The van der Waals surface area contributed by atoms with Crippen LogP contribution in [0.5, 0.6) is 0 Å². The van der Waals surface area contributed by atoms with Crippen molar-refractivity contribution in [3.8, 4) is 0 Å². The maximum atomic E-state index is 12.7. The second-order valence-electron chi connectivity index (χ2n) is 5.50. The number of hydrogen-bond donors (Lipinski definition) is 0. The molecule has 3 rings (SSSR count). The van der Waals surface area contributed by atoms with Crippen LogP contribution in [-0.4, -0.2) is 28.5 Å². The Kier molecular flexibility index (Phi) is 3.53. The predicted molar refractivity (Wildman–Crippen MR) is 83.7 cm³/mol. The van der Waals surface area contributed by atoms with Crippen molar-refractivity contribution in [1.29, 1.82) is 0 Å². The van der Waals surface area contributed by atoms with E-state index in [1.807, 2.05) is 44.2 Å². The van der Waals surface area contributed by atoms with Crippen LogP contribution in [0.4, 0.5) is 0 Å². The molecule has 1 amide bonds. The van der Waals surface area contributed by atoms with E-state index in [2.05, 4.69) is 0 Å². The minimum absolute atomic E-state index is 0.0360. The van der Waals surface area contributed by atoms with E-state index in [4.69, 9.17) is 0 Å². The average Bonchev–Trinajstić information content (AvgIpc) is 3.33. The fraction of sp³-hybridized carbons (Fsp3) is 0.412. The summed E-state index contributed by atoms with van der Waals surface area (Å²) in [6, 6.07) is 9.56. The molecule has 110 valence electrons. The Morgan fingerprint density at radius 1 is 1.24 bits per heavy atom. The van der Waals surface area contributed by atoms with E-state index in [9.17, 15) is 9.59 Å². The molecule has 0 bridgehead atoms. The largest absolute Gasteiger partial charge is 0.338 e. The third kappa shape index (κ3) is 2.35. The van der Waals surface area contributed by atoms with Gasteiger partial charge in [0.05, 0.1) is 0 Å². The van der Waals surface area contributed by atoms with Gasteiger partial charge in [-0.05, 0) is 44.2 Å². The topological polar surface area (TPSA) is 42.3 Å². The predicted octanol–water partition coefficient (Wildman–Crippen LogP) is 2.82. The standard InChI is InChI=1S/C17H20N2O2/c1-3-18(4-2)17(21)15-11-12-7-5-6-8-14(12)16(20)19(15)13-9-10-13/h5-8,11,13H,3-4,9-10H2,1-2H3. The molecule has 2 aromatic rings. The second kappa shape index (κ2) is 5.35. The van der Waals surface area contributed by atoms with Gasteiger partial charge in [-0.2, -0.15) is 0 Å². The first-order valence-corrected chi connectivity index (χ1v) is 7.61. The molecule has 0 radical (unpaired) electrons. The van der Waals surface area contributed by atoms with Crippen LogP contribution in [0.2, 0.25) is 0 Å². The lowest BCUT2D eigenvalue weighted by atomic mass is 10.1. The molecule has 0 aliphatic heterocycles. The highest BCUT2D eigenvalue weighted by Gasteiger charge is 2.30. The van der Waals surface area contributed by atoms with Crippen molar-refractivity contribution in [2.75, 3.05) is 13.1 Å². The Balaban J connectivity index is 2.23. The van der Waals surface area contributed by atoms with Crippen molar-refractivity contribution in [2.45, 2.75) is 32.7 Å². The Bertz CT molecular complexity index is 740. The van der Waals surface area contributed by atoms with Crippen LogP contribution in [0.25, 0.3) is 10.8 Å². The Hall–Kier alpha value is -2.10. The monoisotopic (exact) mass is 284 g/mol. The van der Waals surface area contributed by atoms with Crippen LogP contribution in [0.3, 0.4) is 0 Å². The van der Waals surface area contributed by atoms with Gasteiger partial charge >= 0.3 is 0 Å². The van der Waals surface area contributed by atoms with Crippen LogP contribution in [-0.2, 0) is 0 Å². The maximum absolute atomic E-state index is 12.7. The second-order valence-corrected chi connectivity index (χ2v) is 5.50. The number of amides is 1. The first kappa shape index (κ1) is 13.9. The van der Waals surface area contributed by atoms with Crippen molar-refractivity contribution in [3.63, 3.8) is 0 Å². The molecule has 1 aromatic heterocycles. The molecule has 1 aliphatic carbocycles. The zero-order valence-corrected chi connectivity index (χ0v) is 12.5. The first-order chi connectivity index (χ1) is 10.2. The van der Waals surface area contributed by atoms with Gasteiger partial charge in [0.2, 0.25) is 0 Å². The van der Waals surface area contributed by atoms with Crippen molar-refractivity contribution in [2.24, 2.45) is 0 Å². The molecule has 4 heteroatoms. The lowest BCUT2D eigenvalue weighted by molar-refractivity contribution is 0.0760. The highest BCUT2D eigenvalue weighted by atomic mass is 16.2. The van der Waals surface area contributed by atoms with Gasteiger partial charge in [0.15, 0.2) is 0 Å². The summed E-state index contributed by atoms with van der Waals surface area (Å²) in [5.41, 5.74) is 0.496. The molecular formula is C17H20N2O2. The average molecular weight is 284 g/mol. The number of nitrogens with zero attached hydrogens (tertiary/aromatic N) is 2. The summed E-state index contributed by atoms with van der Waals surface area (Å²) < 4.78 is 1.71. The number of fused-ring (bicyclic) bond motifs is 1. The zero-order valence-electron chi connectivity index (χ0n) is 12.5. The summed E-state index contributed by atoms with van der Waals surface area (Å²) in [5.74, 6) is -0.0465. The van der Waals surface area contributed by atoms with E-state index in [0.29, 0.717) is 24.2 Å². The van der Waals surface area contributed by atoms with Gasteiger partial charge in [-0.1, -0.05) is 18.2 Å². The molecule has 0 N–H and O–H groups in total. The van der Waals surface area contributed by atoms with Crippen LogP contribution >= 0.6 is 0 Å². The van der Waals surface area contributed by atoms with Gasteiger partial charge in [-0.15, -0.1) is 0 Å². The number of hydrogen-bond acceptors (Lipinski definition) is 2. The van der Waals surface area contributed by atoms with Crippen molar-refractivity contribution in [1.82, 2.24) is 9.47 Å². The fourth-order valence-electron chi connectivity index (χ4n) is 2.81. The summed E-state index contributed by atoms with van der Waals surface area (Å²) in [6.07, 6.45) is 1.97. The molecule has 0 atom stereocenters. The van der Waals surface area contributed by atoms with E-state index < -0.39 is 0 Å². The highest BCUT2D eigenvalue weighted by Crippen LogP contribution is 2.35. The molecule has 0 unspecified atom stereocenters. The van der Waals surface area contributed by atoms with Crippen molar-refractivity contribution >= 4 is 16.7 Å². The van der Waals surface area contributed by atoms with Crippen LogP contribution < -0.4 is 5.56 Å². The fourth-order valence-corrected chi connectivity index (χ4v) is 2.81. The number of rotatable bonds is 4. The zero-order chi connectivity index (χ0) is 15.0. The van der Waals surface area contributed by atoms with E-state index in [1.165, 1.54) is 0 Å². The molecular weight excluding hydrogens is 264 g/mol. The number of carbonyl (C=O) groups is 1. The van der Waals surface area contributed by atoms with E-state index in [0.717, 1.165) is 18.2 Å². The first-order valence-electron chi connectivity index (χ1n) is 7.61. The summed E-state index contributed by atoms with van der Waals surface area (Å²) in [6.45, 7) is 5.23. The third-order valence-electron chi connectivity index (χ3n) is 4.14. The van der Waals surface area contributed by atoms with E-state index >= 15 is 0 Å². The number of aromatic nitrogens is 1. The minimum atomic E-state index is -0.0465. The lowest BCUT2D eigenvalue weighted by Crippen LogP contribution is -2.35. The van der Waals surface area contributed by atoms with Gasteiger partial charge in [0.25, 0.3) is 11.5 Å². The van der Waals surface area contributed by atoms with Gasteiger partial charge in [-0.3, -0.25) is 9.59 Å². The molecule has 21 heavy (non-hydrogen) atoms. The van der Waals surface area contributed by atoms with Crippen LogP contribution in [0.15, 0.2) is 35.1 Å². The molecule has 1 saturated carbocycles. The summed E-state index contributed by atoms with van der Waals surface area (Å²) in [5, 5.41) is 1.54. The molecule has 0 spiro atoms. The summed E-state index contributed by atoms with van der Waals surface area (Å²) in [7, 11) is 0. The number of carbonyl (C=O) groups excluding carboxylic acids is 1. The highest BCUT2D eigenvalue weighted by molar-refractivity contribution is 5.96. The van der Waals surface area contributed by atoms with Gasteiger partial charge in [0.1, 0.15) is 5.69 Å². The van der Waals surface area contributed by atoms with Gasteiger partial charge in [-0.25, -0.2) is 0 Å². The molecule has 4 nitrogen and oxygen atoms in total. The third-order valence-corrected chi connectivity index (χ3v) is 4.14. The van der Waals surface area contributed by atoms with E-state index in [1.54, 1.807) is 9.47 Å².